The van der Waals surface area contributed by atoms with Gasteiger partial charge in [-0.1, -0.05) is 0 Å². The molecule has 1 rings (SSSR count). The monoisotopic (exact) mass is 306 g/mol. The minimum Gasteiger partial charge on any atom is -0.399 e. The van der Waals surface area contributed by atoms with Crippen LogP contribution >= 0.6 is 0 Å². The molecular formula is C11H18N2O4S2. The van der Waals surface area contributed by atoms with Gasteiger partial charge in [0.05, 0.1) is 17.2 Å². The van der Waals surface area contributed by atoms with Gasteiger partial charge in [0.1, 0.15) is 9.84 Å². The minimum atomic E-state index is -3.66. The fourth-order valence-corrected chi connectivity index (χ4v) is 4.66. The summed E-state index contributed by atoms with van der Waals surface area (Å²) in [6.07, 6.45) is 1.02. The summed E-state index contributed by atoms with van der Waals surface area (Å²) in [7, 11) is -6.97. The molecule has 0 bridgehead atoms. The highest BCUT2D eigenvalue weighted by molar-refractivity contribution is 7.95. The molecule has 0 spiro atoms. The van der Waals surface area contributed by atoms with Gasteiger partial charge < -0.3 is 5.73 Å². The Morgan fingerprint density at radius 3 is 2.00 bits per heavy atom. The zero-order chi connectivity index (χ0) is 14.7. The SMILES string of the molecule is CCN(c1ccc(N)cc1)S(=O)(=O)CCS(C)(=O)=O. The van der Waals surface area contributed by atoms with E-state index in [0.29, 0.717) is 11.4 Å². The maximum absolute atomic E-state index is 12.1. The summed E-state index contributed by atoms with van der Waals surface area (Å²) in [5.41, 5.74) is 6.56. The highest BCUT2D eigenvalue weighted by Crippen LogP contribution is 2.19. The molecule has 0 aromatic heterocycles. The number of hydrogen-bond acceptors (Lipinski definition) is 5. The molecule has 6 nitrogen and oxygen atoms in total. The fraction of sp³-hybridized carbons (Fsp3) is 0.455. The van der Waals surface area contributed by atoms with E-state index in [1.807, 2.05) is 0 Å². The van der Waals surface area contributed by atoms with E-state index in [1.165, 1.54) is 4.31 Å². The Morgan fingerprint density at radius 1 is 1.05 bits per heavy atom. The van der Waals surface area contributed by atoms with Crippen molar-refractivity contribution in [1.82, 2.24) is 0 Å². The Kier molecular flexibility index (Phi) is 4.81. The van der Waals surface area contributed by atoms with Gasteiger partial charge in [0.25, 0.3) is 0 Å². The first-order valence-electron chi connectivity index (χ1n) is 5.69. The molecule has 1 aromatic carbocycles. The summed E-state index contributed by atoms with van der Waals surface area (Å²) in [6.45, 7) is 1.92. The number of nitrogens with two attached hydrogens (primary N) is 1. The van der Waals surface area contributed by atoms with E-state index in [9.17, 15) is 16.8 Å². The zero-order valence-corrected chi connectivity index (χ0v) is 12.5. The molecule has 108 valence electrons. The predicted octanol–water partition coefficient (Wildman–Crippen LogP) is 0.470. The molecule has 0 saturated heterocycles. The van der Waals surface area contributed by atoms with Crippen molar-refractivity contribution in [1.29, 1.82) is 0 Å². The van der Waals surface area contributed by atoms with Crippen LogP contribution < -0.4 is 10.0 Å². The van der Waals surface area contributed by atoms with Gasteiger partial charge in [-0.25, -0.2) is 16.8 Å². The van der Waals surface area contributed by atoms with Crippen molar-refractivity contribution in [2.24, 2.45) is 0 Å². The normalized spacial score (nSPS) is 12.3. The van der Waals surface area contributed by atoms with E-state index < -0.39 is 25.6 Å². The van der Waals surface area contributed by atoms with Crippen LogP contribution in [0, 0.1) is 0 Å². The smallest absolute Gasteiger partial charge is 0.236 e. The van der Waals surface area contributed by atoms with Crippen LogP contribution in [0.15, 0.2) is 24.3 Å². The molecule has 0 unspecified atom stereocenters. The maximum atomic E-state index is 12.1. The third-order valence-corrected chi connectivity index (χ3v) is 5.58. The van der Waals surface area contributed by atoms with Gasteiger partial charge in [-0.3, -0.25) is 4.31 Å². The predicted molar refractivity (Wildman–Crippen MR) is 77.4 cm³/mol. The van der Waals surface area contributed by atoms with E-state index >= 15 is 0 Å². The number of nitrogens with zero attached hydrogens (tertiary/aromatic N) is 1. The molecule has 8 heteroatoms. The van der Waals surface area contributed by atoms with E-state index in [2.05, 4.69) is 0 Å². The van der Waals surface area contributed by atoms with Crippen LogP contribution in [0.1, 0.15) is 6.92 Å². The Hall–Kier alpha value is -1.28. The maximum Gasteiger partial charge on any atom is 0.236 e. The molecule has 0 amide bonds. The van der Waals surface area contributed by atoms with Crippen LogP contribution in [-0.2, 0) is 19.9 Å². The highest BCUT2D eigenvalue weighted by Gasteiger charge is 2.22. The molecule has 0 fully saturated rings. The van der Waals surface area contributed by atoms with Crippen molar-refractivity contribution in [2.75, 3.05) is 34.3 Å². The van der Waals surface area contributed by atoms with Crippen molar-refractivity contribution in [3.05, 3.63) is 24.3 Å². The lowest BCUT2D eigenvalue weighted by atomic mass is 10.3. The summed E-state index contributed by atoms with van der Waals surface area (Å²) in [5.74, 6) is -0.815. The lowest BCUT2D eigenvalue weighted by Crippen LogP contribution is -2.34. The van der Waals surface area contributed by atoms with Crippen LogP contribution in [0.25, 0.3) is 0 Å². The number of sulfonamides is 1. The minimum absolute atomic E-state index is 0.232. The van der Waals surface area contributed by atoms with Crippen molar-refractivity contribution in [2.45, 2.75) is 6.92 Å². The summed E-state index contributed by atoms with van der Waals surface area (Å²) < 4.78 is 47.6. The third-order valence-electron chi connectivity index (χ3n) is 2.52. The number of anilines is 2. The zero-order valence-electron chi connectivity index (χ0n) is 10.9. The Labute approximate surface area is 114 Å². The lowest BCUT2D eigenvalue weighted by Gasteiger charge is -2.22. The first-order valence-corrected chi connectivity index (χ1v) is 9.36. The summed E-state index contributed by atoms with van der Waals surface area (Å²) >= 11 is 0. The highest BCUT2D eigenvalue weighted by atomic mass is 32.2. The Balaban J connectivity index is 2.99. The molecule has 0 radical (unpaired) electrons. The number of rotatable bonds is 6. The van der Waals surface area contributed by atoms with Gasteiger partial charge in [-0.2, -0.15) is 0 Å². The summed E-state index contributed by atoms with van der Waals surface area (Å²) in [4.78, 5) is 0. The first-order chi connectivity index (χ1) is 8.65. The fourth-order valence-electron chi connectivity index (χ4n) is 1.55. The van der Waals surface area contributed by atoms with Crippen molar-refractivity contribution in [3.8, 4) is 0 Å². The van der Waals surface area contributed by atoms with E-state index in [-0.39, 0.29) is 12.3 Å². The van der Waals surface area contributed by atoms with Gasteiger partial charge in [0.15, 0.2) is 0 Å². The van der Waals surface area contributed by atoms with Crippen LogP contribution in [0.5, 0.6) is 0 Å². The molecule has 2 N–H and O–H groups in total. The van der Waals surface area contributed by atoms with E-state index in [1.54, 1.807) is 31.2 Å². The molecule has 0 saturated carbocycles. The molecule has 0 aliphatic heterocycles. The Bertz CT molecular complexity index is 621. The average Bonchev–Trinajstić information content (AvgIpc) is 2.29. The van der Waals surface area contributed by atoms with Crippen LogP contribution in [0.3, 0.4) is 0 Å². The van der Waals surface area contributed by atoms with Crippen LogP contribution in [-0.4, -0.2) is 41.1 Å². The number of sulfone groups is 1. The van der Waals surface area contributed by atoms with Gasteiger partial charge in [-0.05, 0) is 31.2 Å². The second-order valence-electron chi connectivity index (χ2n) is 4.20. The van der Waals surface area contributed by atoms with Gasteiger partial charge in [-0.15, -0.1) is 0 Å². The molecule has 0 aliphatic rings. The second kappa shape index (κ2) is 5.79. The van der Waals surface area contributed by atoms with Gasteiger partial charge in [0, 0.05) is 18.5 Å². The number of hydrogen-bond donors (Lipinski definition) is 1. The molecule has 0 atom stereocenters. The van der Waals surface area contributed by atoms with Gasteiger partial charge in [0.2, 0.25) is 10.0 Å². The first kappa shape index (κ1) is 15.8. The molecular weight excluding hydrogens is 288 g/mol. The third kappa shape index (κ3) is 4.71. The molecule has 0 heterocycles. The number of nitrogen functional groups attached to an aromatic ring is 1. The van der Waals surface area contributed by atoms with Crippen molar-refractivity contribution in [3.63, 3.8) is 0 Å². The molecule has 0 aliphatic carbocycles. The van der Waals surface area contributed by atoms with Crippen LogP contribution in [0.4, 0.5) is 11.4 Å². The summed E-state index contributed by atoms with van der Waals surface area (Å²) in [5, 5.41) is 0. The molecule has 19 heavy (non-hydrogen) atoms. The van der Waals surface area contributed by atoms with Crippen molar-refractivity contribution >= 4 is 31.2 Å². The van der Waals surface area contributed by atoms with E-state index in [4.69, 9.17) is 5.73 Å². The van der Waals surface area contributed by atoms with Gasteiger partial charge >= 0.3 is 0 Å². The average molecular weight is 306 g/mol. The standard InChI is InChI=1S/C11H18N2O4S2/c1-3-13(11-6-4-10(12)5-7-11)19(16,17)9-8-18(2,14)15/h4-7H,3,8-9,12H2,1-2H3. The largest absolute Gasteiger partial charge is 0.399 e. The molecule has 1 aromatic rings. The summed E-state index contributed by atoms with van der Waals surface area (Å²) in [6, 6.07) is 6.39. The topological polar surface area (TPSA) is 97.5 Å². The van der Waals surface area contributed by atoms with Crippen LogP contribution in [0.2, 0.25) is 0 Å². The lowest BCUT2D eigenvalue weighted by molar-refractivity contribution is 0.587. The Morgan fingerprint density at radius 2 is 1.58 bits per heavy atom. The number of benzene rings is 1. The van der Waals surface area contributed by atoms with Crippen molar-refractivity contribution < 1.29 is 16.8 Å². The quantitative estimate of drug-likeness (QED) is 0.770. The van der Waals surface area contributed by atoms with E-state index in [0.717, 1.165) is 6.26 Å². The second-order valence-corrected chi connectivity index (χ2v) is 8.47.